The molecule has 0 saturated heterocycles. The second-order valence-corrected chi connectivity index (χ2v) is 11.5. The van der Waals surface area contributed by atoms with Crippen LogP contribution < -0.4 is 5.32 Å². The first-order valence-corrected chi connectivity index (χ1v) is 13.7. The van der Waals surface area contributed by atoms with Gasteiger partial charge in [-0.25, -0.2) is 8.42 Å². The maximum Gasteiger partial charge on any atom is 0.322 e. The van der Waals surface area contributed by atoms with Crippen LogP contribution in [0.25, 0.3) is 11.5 Å². The number of hydrogen-bond acceptors (Lipinski definition) is 7. The fourth-order valence-corrected chi connectivity index (χ4v) is 5.48. The van der Waals surface area contributed by atoms with Crippen molar-refractivity contribution >= 4 is 33.7 Å². The van der Waals surface area contributed by atoms with E-state index in [1.807, 2.05) is 58.2 Å². The zero-order valence-electron chi connectivity index (χ0n) is 20.0. The molecule has 0 unspecified atom stereocenters. The molecule has 0 aliphatic rings. The van der Waals surface area contributed by atoms with Gasteiger partial charge in [-0.15, -0.1) is 16.9 Å². The molecule has 0 atom stereocenters. The van der Waals surface area contributed by atoms with Crippen molar-refractivity contribution in [1.82, 2.24) is 14.5 Å². The summed E-state index contributed by atoms with van der Waals surface area (Å²) in [7, 11) is -3.67. The van der Waals surface area contributed by atoms with E-state index in [9.17, 15) is 13.2 Å². The fourth-order valence-electron chi connectivity index (χ4n) is 3.31. The standard InChI is InChI=1S/C24H30N4O4S2/c1-16(2)14-28(15-17(3)4)34(30,31)21-12-8-18(9-13-21)22(29)25-24-27-26-23(32-24)19-6-10-20(33-5)11-7-19/h6-13,16-17H,14-15H2,1-5H3,(H,25,27,29). The number of aromatic nitrogens is 2. The average molecular weight is 503 g/mol. The molecular weight excluding hydrogens is 472 g/mol. The highest BCUT2D eigenvalue weighted by Gasteiger charge is 2.26. The Hall–Kier alpha value is -2.69. The first kappa shape index (κ1) is 25.9. The van der Waals surface area contributed by atoms with Gasteiger partial charge in [0.1, 0.15) is 0 Å². The third-order valence-corrected chi connectivity index (χ3v) is 7.46. The molecule has 1 heterocycles. The molecule has 1 aromatic heterocycles. The van der Waals surface area contributed by atoms with Crippen LogP contribution in [0.1, 0.15) is 38.1 Å². The predicted octanol–water partition coefficient (Wildman–Crippen LogP) is 5.01. The van der Waals surface area contributed by atoms with Gasteiger partial charge in [0.15, 0.2) is 0 Å². The molecule has 0 radical (unpaired) electrons. The molecular formula is C24H30N4O4S2. The quantitative estimate of drug-likeness (QED) is 0.388. The van der Waals surface area contributed by atoms with Crippen LogP contribution in [0.5, 0.6) is 0 Å². The van der Waals surface area contributed by atoms with Gasteiger partial charge in [-0.1, -0.05) is 32.8 Å². The van der Waals surface area contributed by atoms with E-state index in [0.29, 0.717) is 19.0 Å². The number of sulfonamides is 1. The van der Waals surface area contributed by atoms with Crippen LogP contribution in [0.2, 0.25) is 0 Å². The van der Waals surface area contributed by atoms with Crippen LogP contribution in [0.4, 0.5) is 6.01 Å². The third kappa shape index (κ3) is 6.46. The van der Waals surface area contributed by atoms with Gasteiger partial charge >= 0.3 is 6.01 Å². The van der Waals surface area contributed by atoms with Gasteiger partial charge in [0.05, 0.1) is 4.90 Å². The van der Waals surface area contributed by atoms with E-state index < -0.39 is 15.9 Å². The molecule has 34 heavy (non-hydrogen) atoms. The number of rotatable bonds is 10. The molecule has 3 aromatic rings. The van der Waals surface area contributed by atoms with Gasteiger partial charge in [-0.05, 0) is 66.6 Å². The van der Waals surface area contributed by atoms with Crippen molar-refractivity contribution in [2.45, 2.75) is 37.5 Å². The van der Waals surface area contributed by atoms with E-state index in [4.69, 9.17) is 4.42 Å². The highest BCUT2D eigenvalue weighted by molar-refractivity contribution is 7.98. The first-order valence-electron chi connectivity index (χ1n) is 11.0. The predicted molar refractivity (Wildman–Crippen MR) is 134 cm³/mol. The second-order valence-electron chi connectivity index (χ2n) is 8.73. The lowest BCUT2D eigenvalue weighted by atomic mass is 10.2. The van der Waals surface area contributed by atoms with Gasteiger partial charge in [-0.3, -0.25) is 10.1 Å². The SMILES string of the molecule is CSc1ccc(-c2nnc(NC(=O)c3ccc(S(=O)(=O)N(CC(C)C)CC(C)C)cc3)o2)cc1. The number of carbonyl (C=O) groups excluding carboxylic acids is 1. The summed E-state index contributed by atoms with van der Waals surface area (Å²) in [4.78, 5) is 13.9. The van der Waals surface area contributed by atoms with Crippen molar-refractivity contribution in [2.24, 2.45) is 11.8 Å². The first-order chi connectivity index (χ1) is 16.1. The van der Waals surface area contributed by atoms with Gasteiger partial charge in [0.2, 0.25) is 15.9 Å². The number of thioether (sulfide) groups is 1. The summed E-state index contributed by atoms with van der Waals surface area (Å²) in [6, 6.07) is 13.4. The summed E-state index contributed by atoms with van der Waals surface area (Å²) in [6.07, 6.45) is 1.99. The monoisotopic (exact) mass is 502 g/mol. The maximum atomic E-state index is 13.1. The number of nitrogens with one attached hydrogen (secondary N) is 1. The zero-order chi connectivity index (χ0) is 24.9. The van der Waals surface area contributed by atoms with Crippen molar-refractivity contribution in [1.29, 1.82) is 0 Å². The minimum Gasteiger partial charge on any atom is -0.403 e. The van der Waals surface area contributed by atoms with Gasteiger partial charge in [-0.2, -0.15) is 4.31 Å². The molecule has 0 spiro atoms. The lowest BCUT2D eigenvalue weighted by Gasteiger charge is -2.25. The minimum atomic E-state index is -3.67. The summed E-state index contributed by atoms with van der Waals surface area (Å²) in [5.74, 6) is 0.209. The van der Waals surface area contributed by atoms with Crippen LogP contribution in [0.15, 0.2) is 62.7 Å². The summed E-state index contributed by atoms with van der Waals surface area (Å²) < 4.78 is 33.3. The van der Waals surface area contributed by atoms with E-state index in [-0.39, 0.29) is 28.3 Å². The summed E-state index contributed by atoms with van der Waals surface area (Å²) in [6.45, 7) is 8.80. The Morgan fingerprint density at radius 3 is 2.09 bits per heavy atom. The van der Waals surface area contributed by atoms with Crippen LogP contribution in [0, 0.1) is 11.8 Å². The number of benzene rings is 2. The lowest BCUT2D eigenvalue weighted by molar-refractivity contribution is 0.102. The summed E-state index contributed by atoms with van der Waals surface area (Å²) in [5, 5.41) is 10.4. The maximum absolute atomic E-state index is 13.1. The molecule has 8 nitrogen and oxygen atoms in total. The zero-order valence-corrected chi connectivity index (χ0v) is 21.6. The molecule has 1 amide bonds. The van der Waals surface area contributed by atoms with Gasteiger partial charge in [0, 0.05) is 29.1 Å². The van der Waals surface area contributed by atoms with Crippen molar-refractivity contribution in [3.63, 3.8) is 0 Å². The molecule has 0 aliphatic heterocycles. The normalized spacial score (nSPS) is 12.0. The van der Waals surface area contributed by atoms with Crippen LogP contribution >= 0.6 is 11.8 Å². The molecule has 2 aromatic carbocycles. The van der Waals surface area contributed by atoms with Crippen LogP contribution in [0.3, 0.4) is 0 Å². The number of nitrogens with zero attached hydrogens (tertiary/aromatic N) is 3. The van der Waals surface area contributed by atoms with Crippen molar-refractivity contribution in [3.8, 4) is 11.5 Å². The average Bonchev–Trinajstić information content (AvgIpc) is 3.26. The van der Waals surface area contributed by atoms with Gasteiger partial charge in [0.25, 0.3) is 5.91 Å². The van der Waals surface area contributed by atoms with E-state index >= 15 is 0 Å². The number of carbonyl (C=O) groups is 1. The molecule has 0 saturated carbocycles. The Morgan fingerprint density at radius 1 is 0.971 bits per heavy atom. The Bertz CT molecular complexity index is 1190. The molecule has 1 N–H and O–H groups in total. The van der Waals surface area contributed by atoms with Crippen molar-refractivity contribution < 1.29 is 17.6 Å². The van der Waals surface area contributed by atoms with Crippen molar-refractivity contribution in [2.75, 3.05) is 24.7 Å². The van der Waals surface area contributed by atoms with Crippen molar-refractivity contribution in [3.05, 3.63) is 54.1 Å². The Morgan fingerprint density at radius 2 is 1.56 bits per heavy atom. The van der Waals surface area contributed by atoms with E-state index in [0.717, 1.165) is 10.5 Å². The van der Waals surface area contributed by atoms with Gasteiger partial charge < -0.3 is 4.42 Å². The number of hydrogen-bond donors (Lipinski definition) is 1. The van der Waals surface area contributed by atoms with E-state index in [2.05, 4.69) is 15.5 Å². The highest BCUT2D eigenvalue weighted by Crippen LogP contribution is 2.24. The highest BCUT2D eigenvalue weighted by atomic mass is 32.2. The van der Waals surface area contributed by atoms with E-state index in [1.165, 1.54) is 28.6 Å². The van der Waals surface area contributed by atoms with E-state index in [1.54, 1.807) is 11.8 Å². The summed E-state index contributed by atoms with van der Waals surface area (Å²) >= 11 is 1.63. The molecule has 3 rings (SSSR count). The molecule has 10 heteroatoms. The number of amides is 1. The topological polar surface area (TPSA) is 105 Å². The summed E-state index contributed by atoms with van der Waals surface area (Å²) in [5.41, 5.74) is 1.02. The largest absolute Gasteiger partial charge is 0.403 e. The number of anilines is 1. The fraction of sp³-hybridized carbons (Fsp3) is 0.375. The molecule has 0 aliphatic carbocycles. The third-order valence-electron chi connectivity index (χ3n) is 4.87. The van der Waals surface area contributed by atoms with Crippen LogP contribution in [-0.2, 0) is 10.0 Å². The molecule has 182 valence electrons. The minimum absolute atomic E-state index is 0.0364. The molecule has 0 bridgehead atoms. The smallest absolute Gasteiger partial charge is 0.322 e. The van der Waals surface area contributed by atoms with Crippen LogP contribution in [-0.4, -0.2) is 48.2 Å². The Balaban J connectivity index is 1.72. The Kier molecular flexibility index (Phi) is 8.51. The second kappa shape index (κ2) is 11.2. The lowest BCUT2D eigenvalue weighted by Crippen LogP contribution is -2.37. The Labute approximate surface area is 205 Å². The molecule has 0 fully saturated rings.